The molecule has 0 fully saturated rings. The third kappa shape index (κ3) is 19.2. The molecule has 0 aliphatic heterocycles. The number of anilines is 7. The SMILES string of the molecule is CN(CCCNC(=O)c1cccc(C(=O)O)c1)CCCNC(=O)c1cc(NC(=O)c2cc(NC(=O)c3cc(NC(=O)c4nc(NC(=O)C[C@@H](CNC(=O)c5cc(NC(=O)c6cc(NC(=O)c7cc(NC(=O)c8nccn8C)cn7C)cn6C)cn5C)NC(=O)c5ccccn5)cn4C)cn3C)cn2C)cn1C. The number of rotatable bonds is 31. The first-order valence-electron chi connectivity index (χ1n) is 33.3. The molecule has 1 atom stereocenters. The third-order valence-corrected chi connectivity index (χ3v) is 16.9. The number of nitrogens with zero attached hydrogens (tertiary/aromatic N) is 12. The van der Waals surface area contributed by atoms with Gasteiger partial charge in [0.1, 0.15) is 39.9 Å². The third-order valence-electron chi connectivity index (χ3n) is 16.9. The highest BCUT2D eigenvalue weighted by molar-refractivity contribution is 6.11. The number of nitrogens with one attached hydrogen (secondary N) is 11. The summed E-state index contributed by atoms with van der Waals surface area (Å²) < 4.78 is 12.0. The van der Waals surface area contributed by atoms with Crippen LogP contribution in [-0.4, -0.2) is 178 Å². The predicted molar refractivity (Wildman–Crippen MR) is 392 cm³/mol. The van der Waals surface area contributed by atoms with E-state index in [4.69, 9.17) is 0 Å². The second-order valence-electron chi connectivity index (χ2n) is 25.3. The number of hydrogen-bond acceptors (Lipinski definition) is 16. The first kappa shape index (κ1) is 75.7. The Bertz CT molecular complexity index is 5080. The molecule has 0 bridgehead atoms. The Kier molecular flexibility index (Phi) is 23.7. The number of aromatic nitrogens is 11. The second kappa shape index (κ2) is 33.5. The van der Waals surface area contributed by atoms with Gasteiger partial charge >= 0.3 is 5.97 Å². The van der Waals surface area contributed by atoms with Crippen molar-refractivity contribution in [2.75, 3.05) is 77.0 Å². The van der Waals surface area contributed by atoms with Crippen LogP contribution in [0, 0.1) is 0 Å². The normalized spacial score (nSPS) is 11.3. The lowest BCUT2D eigenvalue weighted by molar-refractivity contribution is -0.116. The Morgan fingerprint density at radius 3 is 1.26 bits per heavy atom. The average molecular weight is 1460 g/mol. The highest BCUT2D eigenvalue weighted by Gasteiger charge is 2.26. The summed E-state index contributed by atoms with van der Waals surface area (Å²) in [5.74, 6) is -7.09. The van der Waals surface area contributed by atoms with Gasteiger partial charge in [0.25, 0.3) is 59.1 Å². The number of imidazole rings is 2. The van der Waals surface area contributed by atoms with Crippen molar-refractivity contribution in [3.63, 3.8) is 0 Å². The van der Waals surface area contributed by atoms with Crippen molar-refractivity contribution >= 4 is 111 Å². The van der Waals surface area contributed by atoms with Gasteiger partial charge in [-0.3, -0.25) is 57.7 Å². The van der Waals surface area contributed by atoms with Gasteiger partial charge in [0, 0.05) is 150 Å². The highest BCUT2D eigenvalue weighted by atomic mass is 16.4. The van der Waals surface area contributed by atoms with Gasteiger partial charge in [-0.15, -0.1) is 0 Å². The molecule has 12 N–H and O–H groups in total. The van der Waals surface area contributed by atoms with Crippen LogP contribution in [0.5, 0.6) is 0 Å². The van der Waals surface area contributed by atoms with Gasteiger partial charge < -0.3 is 105 Å². The molecular formula is C71H79N23O13. The summed E-state index contributed by atoms with van der Waals surface area (Å²) in [5, 5.41) is 39.6. The van der Waals surface area contributed by atoms with E-state index in [9.17, 15) is 62.6 Å². The van der Waals surface area contributed by atoms with E-state index in [1.807, 2.05) is 7.05 Å². The van der Waals surface area contributed by atoms with E-state index in [-0.39, 0.29) is 98.2 Å². The van der Waals surface area contributed by atoms with Crippen molar-refractivity contribution in [2.24, 2.45) is 56.4 Å². The summed E-state index contributed by atoms with van der Waals surface area (Å²) in [5.41, 5.74) is 3.16. The van der Waals surface area contributed by atoms with Gasteiger partial charge in [0.2, 0.25) is 11.7 Å². The molecule has 0 saturated heterocycles. The molecule has 0 saturated carbocycles. The second-order valence-corrected chi connectivity index (χ2v) is 25.3. The zero-order chi connectivity index (χ0) is 76.9. The average Bonchev–Trinajstić information content (AvgIpc) is 1.71. The van der Waals surface area contributed by atoms with Gasteiger partial charge in [-0.1, -0.05) is 12.1 Å². The number of hydrogen-bond donors (Lipinski definition) is 12. The van der Waals surface area contributed by atoms with Crippen molar-refractivity contribution in [3.8, 4) is 0 Å². The number of aromatic carboxylic acids is 1. The Labute approximate surface area is 610 Å². The first-order chi connectivity index (χ1) is 51.0. The van der Waals surface area contributed by atoms with Crippen LogP contribution in [0.25, 0.3) is 0 Å². The Morgan fingerprint density at radius 2 is 0.832 bits per heavy atom. The Hall–Kier alpha value is -13.9. The number of benzene rings is 1. The lowest BCUT2D eigenvalue weighted by Gasteiger charge is -2.19. The summed E-state index contributed by atoms with van der Waals surface area (Å²) in [6.45, 7) is 1.82. The molecule has 0 aliphatic rings. The molecular weight excluding hydrogens is 1380 g/mol. The van der Waals surface area contributed by atoms with Crippen LogP contribution in [0.4, 0.5) is 39.9 Å². The summed E-state index contributed by atoms with van der Waals surface area (Å²) in [6.07, 6.45) is 16.1. The Morgan fingerprint density at radius 1 is 0.411 bits per heavy atom. The first-order valence-corrected chi connectivity index (χ1v) is 33.3. The maximum atomic E-state index is 13.8. The number of carbonyl (C=O) groups excluding carboxylic acids is 11. The molecule has 0 radical (unpaired) electrons. The van der Waals surface area contributed by atoms with Gasteiger partial charge in [-0.05, 0) is 99.7 Å². The number of aryl methyl sites for hydroxylation is 8. The lowest BCUT2D eigenvalue weighted by Crippen LogP contribution is -2.46. The molecule has 10 aromatic rings. The molecule has 0 spiro atoms. The van der Waals surface area contributed by atoms with Gasteiger partial charge in [-0.25, -0.2) is 14.8 Å². The summed E-state index contributed by atoms with van der Waals surface area (Å²) in [7, 11) is 14.8. The van der Waals surface area contributed by atoms with E-state index >= 15 is 0 Å². The van der Waals surface area contributed by atoms with Crippen LogP contribution in [-0.2, 0) is 61.2 Å². The molecule has 0 unspecified atom stereocenters. The molecule has 0 aliphatic carbocycles. The number of amides is 11. The zero-order valence-electron chi connectivity index (χ0n) is 59.7. The highest BCUT2D eigenvalue weighted by Crippen LogP contribution is 2.24. The molecule has 107 heavy (non-hydrogen) atoms. The fourth-order valence-corrected chi connectivity index (χ4v) is 11.5. The largest absolute Gasteiger partial charge is 0.478 e. The lowest BCUT2D eigenvalue weighted by atomic mass is 10.1. The number of carboxylic acids is 1. The molecule has 556 valence electrons. The van der Waals surface area contributed by atoms with Crippen LogP contribution in [0.2, 0.25) is 0 Å². The maximum Gasteiger partial charge on any atom is 0.335 e. The van der Waals surface area contributed by atoms with Gasteiger partial charge in [0.15, 0.2) is 11.6 Å². The van der Waals surface area contributed by atoms with Crippen molar-refractivity contribution in [1.82, 2.24) is 77.7 Å². The van der Waals surface area contributed by atoms with Gasteiger partial charge in [-0.2, -0.15) is 0 Å². The summed E-state index contributed by atoms with van der Waals surface area (Å²) in [6, 6.07) is 18.3. The molecule has 11 amide bonds. The standard InChI is InChI=1S/C71H79N23O13/c1-86(22-13-19-74-61(96)41-15-12-16-42(25-41)71(106)107)23-14-20-75-63(98)51-26-44(34-88(51)3)78-65(100)53-28-47(37-90(53)5)81-68(103)56-31-49(39-93(56)8)83-70(105)60-85-57(40-94(60)9)84-58(95)32-43(77-62(97)50-17-10-11-18-72-50)33-76-64(99)52-27-45(35-89(52)4)79-66(101)54-29-46(36-91(54)6)80-67(102)55-30-48(38-92(55)7)82-69(104)59-73-21-24-87(59)2/h10-12,15-18,21,24-31,34-40,43H,13-14,19-20,22-23,32-33H2,1-9H3,(H,74,96)(H,75,98)(H,76,99)(H,77,97)(H,78,100)(H,79,101)(H,80,102)(H,81,103)(H,82,104)(H,83,105)(H,84,95)(H,106,107)/t43-/m0/s1. The van der Waals surface area contributed by atoms with Crippen LogP contribution in [0.1, 0.15) is 135 Å². The van der Waals surface area contributed by atoms with Crippen molar-refractivity contribution in [2.45, 2.75) is 25.3 Å². The van der Waals surface area contributed by atoms with E-state index in [1.165, 1.54) is 120 Å². The predicted octanol–water partition coefficient (Wildman–Crippen LogP) is 4.22. The summed E-state index contributed by atoms with van der Waals surface area (Å²) >= 11 is 0. The van der Waals surface area contributed by atoms with Gasteiger partial charge in [0.05, 0.1) is 45.7 Å². The molecule has 10 rings (SSSR count). The van der Waals surface area contributed by atoms with E-state index in [0.717, 1.165) is 0 Å². The minimum Gasteiger partial charge on any atom is -0.478 e. The number of carbonyl (C=O) groups is 12. The maximum absolute atomic E-state index is 13.8. The van der Waals surface area contributed by atoms with E-state index in [0.29, 0.717) is 61.8 Å². The van der Waals surface area contributed by atoms with Crippen molar-refractivity contribution in [3.05, 3.63) is 203 Å². The quantitative estimate of drug-likeness (QED) is 0.0271. The minimum absolute atomic E-state index is 0.0298. The minimum atomic E-state index is -1.11. The summed E-state index contributed by atoms with van der Waals surface area (Å²) in [4.78, 5) is 173. The van der Waals surface area contributed by atoms with Crippen molar-refractivity contribution < 1.29 is 62.6 Å². The van der Waals surface area contributed by atoms with Crippen LogP contribution >= 0.6 is 0 Å². The van der Waals surface area contributed by atoms with E-state index in [1.54, 1.807) is 114 Å². The number of carboxylic acid groups (broad SMARTS) is 1. The number of pyridine rings is 1. The molecule has 36 nitrogen and oxygen atoms in total. The van der Waals surface area contributed by atoms with E-state index in [2.05, 4.69) is 78.3 Å². The fraction of sp³-hybridized carbons (Fsp3) is 0.254. The molecule has 1 aromatic carbocycles. The smallest absolute Gasteiger partial charge is 0.335 e. The van der Waals surface area contributed by atoms with Crippen LogP contribution in [0.15, 0.2) is 141 Å². The molecule has 36 heteroatoms. The fourth-order valence-electron chi connectivity index (χ4n) is 11.5. The molecule has 9 heterocycles. The monoisotopic (exact) mass is 1460 g/mol. The zero-order valence-corrected chi connectivity index (χ0v) is 59.7. The van der Waals surface area contributed by atoms with Crippen molar-refractivity contribution in [1.29, 1.82) is 0 Å². The van der Waals surface area contributed by atoms with Crippen LogP contribution in [0.3, 0.4) is 0 Å². The van der Waals surface area contributed by atoms with Crippen LogP contribution < -0.4 is 58.5 Å². The molecule has 9 aromatic heterocycles. The van der Waals surface area contributed by atoms with E-state index < -0.39 is 71.6 Å². The topological polar surface area (TPSA) is 439 Å². The Balaban J connectivity index is 0.674.